The Bertz CT molecular complexity index is 498. The van der Waals surface area contributed by atoms with Crippen LogP contribution in [-0.4, -0.2) is 30.9 Å². The van der Waals surface area contributed by atoms with E-state index in [1.807, 2.05) is 11.9 Å². The largest absolute Gasteiger partial charge is 0.397 e. The molecule has 110 valence electrons. The first-order valence-corrected chi connectivity index (χ1v) is 7.35. The van der Waals surface area contributed by atoms with Gasteiger partial charge in [-0.1, -0.05) is 30.1 Å². The van der Waals surface area contributed by atoms with E-state index in [1.54, 1.807) is 12.1 Å². The van der Waals surface area contributed by atoms with Crippen LogP contribution in [-0.2, 0) is 4.79 Å². The molecule has 1 aliphatic rings. The molecule has 1 aliphatic carbocycles. The molecule has 0 bridgehead atoms. The molecular weight excluding hydrogens is 297 g/mol. The average Bonchev–Trinajstić information content (AvgIpc) is 2.99. The normalized spacial score (nSPS) is 21.1. The van der Waals surface area contributed by atoms with Crippen molar-refractivity contribution >= 4 is 40.5 Å². The molecule has 0 heterocycles. The summed E-state index contributed by atoms with van der Waals surface area (Å²) in [5, 5.41) is 3.54. The zero-order chi connectivity index (χ0) is 14.9. The molecule has 0 saturated heterocycles. The first-order valence-electron chi connectivity index (χ1n) is 6.59. The zero-order valence-corrected chi connectivity index (χ0v) is 13.1. The molecule has 1 aromatic rings. The van der Waals surface area contributed by atoms with E-state index in [0.29, 0.717) is 28.0 Å². The van der Waals surface area contributed by atoms with Gasteiger partial charge >= 0.3 is 0 Å². The van der Waals surface area contributed by atoms with Crippen LogP contribution < -0.4 is 11.1 Å². The Morgan fingerprint density at radius 2 is 2.15 bits per heavy atom. The van der Waals surface area contributed by atoms with Crippen molar-refractivity contribution in [2.24, 2.45) is 11.8 Å². The van der Waals surface area contributed by atoms with Crippen molar-refractivity contribution < 1.29 is 4.79 Å². The van der Waals surface area contributed by atoms with Crippen LogP contribution in [0.4, 0.5) is 11.4 Å². The predicted octanol–water partition coefficient (Wildman–Crippen LogP) is 3.10. The van der Waals surface area contributed by atoms with E-state index in [2.05, 4.69) is 12.2 Å². The number of hydrogen-bond acceptors (Lipinski definition) is 3. The third-order valence-corrected chi connectivity index (χ3v) is 4.10. The number of likely N-dealkylation sites (N-methyl/N-ethyl adjacent to an activating group) is 1. The van der Waals surface area contributed by atoms with Gasteiger partial charge in [0.15, 0.2) is 0 Å². The van der Waals surface area contributed by atoms with Gasteiger partial charge in [-0.05, 0) is 37.4 Å². The highest BCUT2D eigenvalue weighted by atomic mass is 35.5. The van der Waals surface area contributed by atoms with E-state index in [-0.39, 0.29) is 5.91 Å². The highest BCUT2D eigenvalue weighted by Gasteiger charge is 2.33. The van der Waals surface area contributed by atoms with Gasteiger partial charge in [0.1, 0.15) is 0 Å². The number of hydrogen-bond donors (Lipinski definition) is 2. The number of carbonyl (C=O) groups is 1. The summed E-state index contributed by atoms with van der Waals surface area (Å²) in [7, 11) is 1.94. The van der Waals surface area contributed by atoms with Crippen molar-refractivity contribution in [1.29, 1.82) is 0 Å². The third kappa shape index (κ3) is 4.01. The van der Waals surface area contributed by atoms with Gasteiger partial charge < -0.3 is 11.1 Å². The van der Waals surface area contributed by atoms with Crippen LogP contribution in [0.2, 0.25) is 10.0 Å². The lowest BCUT2D eigenvalue weighted by molar-refractivity contribution is -0.117. The number of rotatable bonds is 5. The van der Waals surface area contributed by atoms with Gasteiger partial charge in [0.05, 0.1) is 22.9 Å². The highest BCUT2D eigenvalue weighted by Crippen LogP contribution is 2.38. The number of halogens is 2. The topological polar surface area (TPSA) is 58.4 Å². The van der Waals surface area contributed by atoms with Crippen LogP contribution in [0.25, 0.3) is 0 Å². The van der Waals surface area contributed by atoms with Crippen molar-refractivity contribution in [2.45, 2.75) is 13.3 Å². The maximum Gasteiger partial charge on any atom is 0.238 e. The van der Waals surface area contributed by atoms with Gasteiger partial charge in [0.2, 0.25) is 5.91 Å². The Morgan fingerprint density at radius 3 is 2.70 bits per heavy atom. The maximum atomic E-state index is 12.0. The lowest BCUT2D eigenvalue weighted by Crippen LogP contribution is -2.32. The fourth-order valence-electron chi connectivity index (χ4n) is 2.27. The molecule has 3 N–H and O–H groups in total. The Morgan fingerprint density at radius 1 is 1.50 bits per heavy atom. The molecule has 0 spiro atoms. The van der Waals surface area contributed by atoms with Crippen LogP contribution in [0.3, 0.4) is 0 Å². The molecule has 0 radical (unpaired) electrons. The molecule has 4 nitrogen and oxygen atoms in total. The van der Waals surface area contributed by atoms with Crippen molar-refractivity contribution in [3.63, 3.8) is 0 Å². The molecule has 0 aromatic heterocycles. The van der Waals surface area contributed by atoms with E-state index >= 15 is 0 Å². The second kappa shape index (κ2) is 6.20. The maximum absolute atomic E-state index is 12.0. The molecular formula is C14H19Cl2N3O. The lowest BCUT2D eigenvalue weighted by Gasteiger charge is -2.17. The summed E-state index contributed by atoms with van der Waals surface area (Å²) in [4.78, 5) is 14.0. The Balaban J connectivity index is 1.91. The fraction of sp³-hybridized carbons (Fsp3) is 0.500. The second-order valence-corrected chi connectivity index (χ2v) is 6.41. The van der Waals surface area contributed by atoms with Crippen molar-refractivity contribution in [3.8, 4) is 0 Å². The van der Waals surface area contributed by atoms with Crippen LogP contribution in [0, 0.1) is 11.8 Å². The monoisotopic (exact) mass is 315 g/mol. The van der Waals surface area contributed by atoms with E-state index in [9.17, 15) is 4.79 Å². The second-order valence-electron chi connectivity index (χ2n) is 5.57. The highest BCUT2D eigenvalue weighted by molar-refractivity contribution is 6.37. The van der Waals surface area contributed by atoms with Crippen LogP contribution in [0.15, 0.2) is 12.1 Å². The summed E-state index contributed by atoms with van der Waals surface area (Å²) in [6, 6.07) is 3.13. The summed E-state index contributed by atoms with van der Waals surface area (Å²) in [6.45, 7) is 3.49. The molecule has 2 unspecified atom stereocenters. The minimum atomic E-state index is -0.128. The van der Waals surface area contributed by atoms with Gasteiger partial charge in [-0.2, -0.15) is 0 Å². The Hall–Kier alpha value is -0.970. The molecule has 1 aromatic carbocycles. The van der Waals surface area contributed by atoms with Crippen molar-refractivity contribution in [1.82, 2.24) is 4.90 Å². The first-order chi connectivity index (χ1) is 9.36. The Kier molecular flexibility index (Phi) is 4.78. The van der Waals surface area contributed by atoms with E-state index in [0.717, 1.165) is 18.4 Å². The third-order valence-electron chi connectivity index (χ3n) is 3.59. The number of nitrogen functional groups attached to an aromatic ring is 1. The summed E-state index contributed by atoms with van der Waals surface area (Å²) in [5.41, 5.74) is 6.61. The van der Waals surface area contributed by atoms with Gasteiger partial charge in [-0.3, -0.25) is 9.69 Å². The van der Waals surface area contributed by atoms with Gasteiger partial charge in [-0.15, -0.1) is 0 Å². The smallest absolute Gasteiger partial charge is 0.238 e. The standard InChI is InChI=1S/C14H19Cl2N3O/c1-8-3-9(8)6-19(2)7-13(20)18-14-11(16)4-10(15)5-12(14)17/h4-5,8-9H,3,6-7,17H2,1-2H3,(H,18,20). The number of nitrogens with zero attached hydrogens (tertiary/aromatic N) is 1. The number of benzene rings is 1. The molecule has 6 heteroatoms. The van der Waals surface area contributed by atoms with Crippen molar-refractivity contribution in [2.75, 3.05) is 31.2 Å². The average molecular weight is 316 g/mol. The minimum Gasteiger partial charge on any atom is -0.397 e. The fourth-order valence-corrected chi connectivity index (χ4v) is 2.82. The van der Waals surface area contributed by atoms with E-state index in [4.69, 9.17) is 28.9 Å². The molecule has 1 saturated carbocycles. The summed E-state index contributed by atoms with van der Waals surface area (Å²) in [5.74, 6) is 1.37. The van der Waals surface area contributed by atoms with Crippen molar-refractivity contribution in [3.05, 3.63) is 22.2 Å². The summed E-state index contributed by atoms with van der Waals surface area (Å²) >= 11 is 11.9. The van der Waals surface area contributed by atoms with Crippen LogP contribution in [0.1, 0.15) is 13.3 Å². The minimum absolute atomic E-state index is 0.128. The molecule has 1 amide bonds. The Labute approximate surface area is 129 Å². The number of anilines is 2. The number of nitrogens with one attached hydrogen (secondary N) is 1. The number of carbonyl (C=O) groups excluding carboxylic acids is 1. The molecule has 20 heavy (non-hydrogen) atoms. The van der Waals surface area contributed by atoms with Crippen LogP contribution >= 0.6 is 23.2 Å². The SMILES string of the molecule is CC1CC1CN(C)CC(=O)Nc1c(N)cc(Cl)cc1Cl. The number of amides is 1. The number of nitrogens with two attached hydrogens (primary N) is 1. The molecule has 2 rings (SSSR count). The van der Waals surface area contributed by atoms with Gasteiger partial charge in [0, 0.05) is 11.6 Å². The van der Waals surface area contributed by atoms with Crippen LogP contribution in [0.5, 0.6) is 0 Å². The van der Waals surface area contributed by atoms with Gasteiger partial charge in [-0.25, -0.2) is 0 Å². The first kappa shape index (κ1) is 15.4. The molecule has 1 fully saturated rings. The van der Waals surface area contributed by atoms with E-state index < -0.39 is 0 Å². The predicted molar refractivity (Wildman–Crippen MR) is 84.3 cm³/mol. The lowest BCUT2D eigenvalue weighted by atomic mass is 10.2. The van der Waals surface area contributed by atoms with E-state index in [1.165, 1.54) is 6.42 Å². The quantitative estimate of drug-likeness (QED) is 0.821. The summed E-state index contributed by atoms with van der Waals surface area (Å²) in [6.07, 6.45) is 1.25. The molecule has 0 aliphatic heterocycles. The summed E-state index contributed by atoms with van der Waals surface area (Å²) < 4.78 is 0. The molecule has 2 atom stereocenters. The zero-order valence-electron chi connectivity index (χ0n) is 11.6. The van der Waals surface area contributed by atoms with Gasteiger partial charge in [0.25, 0.3) is 0 Å².